The molecule has 1 aliphatic heterocycles. The van der Waals surface area contributed by atoms with Crippen molar-refractivity contribution in [1.82, 2.24) is 4.90 Å². The third-order valence-electron chi connectivity index (χ3n) is 8.01. The van der Waals surface area contributed by atoms with Crippen molar-refractivity contribution >= 4 is 42.8 Å². The van der Waals surface area contributed by atoms with Gasteiger partial charge in [0.15, 0.2) is 0 Å². The average molecular weight is 476 g/mol. The van der Waals surface area contributed by atoms with Crippen LogP contribution in [0, 0.1) is 11.8 Å². The van der Waals surface area contributed by atoms with E-state index in [0.717, 1.165) is 24.2 Å². The summed E-state index contributed by atoms with van der Waals surface area (Å²) in [4.78, 5) is 2.68. The Labute approximate surface area is 210 Å². The number of hydrogen-bond donors (Lipinski definition) is 2. The molecule has 4 atom stereocenters. The molecule has 4 heteroatoms. The highest BCUT2D eigenvalue weighted by atomic mass is 32.1. The molecule has 1 aromatic heterocycles. The van der Waals surface area contributed by atoms with E-state index in [1.54, 1.807) is 5.57 Å². The van der Waals surface area contributed by atoms with Crippen LogP contribution in [0.15, 0.2) is 102 Å². The van der Waals surface area contributed by atoms with E-state index in [0.29, 0.717) is 17.9 Å². The van der Waals surface area contributed by atoms with Crippen LogP contribution in [0.2, 0.25) is 0 Å². The first-order valence-electron chi connectivity index (χ1n) is 12.5. The van der Waals surface area contributed by atoms with Gasteiger partial charge in [0.25, 0.3) is 0 Å². The van der Waals surface area contributed by atoms with Gasteiger partial charge in [-0.25, -0.2) is 0 Å². The zero-order valence-corrected chi connectivity index (χ0v) is 20.6. The van der Waals surface area contributed by atoms with E-state index in [9.17, 15) is 0 Å². The van der Waals surface area contributed by atoms with Crippen LogP contribution < -0.4 is 11.5 Å². The lowest BCUT2D eigenvalue weighted by molar-refractivity contribution is 0.231. The summed E-state index contributed by atoms with van der Waals surface area (Å²) < 4.78 is 2.57. The van der Waals surface area contributed by atoms with Crippen LogP contribution in [0.5, 0.6) is 0 Å². The van der Waals surface area contributed by atoms with Crippen LogP contribution in [-0.4, -0.2) is 17.0 Å². The summed E-state index contributed by atoms with van der Waals surface area (Å²) in [6.45, 7) is 2.31. The van der Waals surface area contributed by atoms with Gasteiger partial charge >= 0.3 is 0 Å². The topological polar surface area (TPSA) is 55.3 Å². The van der Waals surface area contributed by atoms with Gasteiger partial charge in [-0.15, -0.1) is 11.3 Å². The maximum Gasteiger partial charge on any atom is 0.0616 e. The maximum atomic E-state index is 6.48. The summed E-state index contributed by atoms with van der Waals surface area (Å²) in [5.74, 6) is 0.755. The molecular formula is C31H29N3S. The normalized spacial score (nSPS) is 27.4. The van der Waals surface area contributed by atoms with Gasteiger partial charge in [0.05, 0.1) is 12.1 Å². The van der Waals surface area contributed by atoms with Crippen LogP contribution in [0.25, 0.3) is 25.7 Å². The molecule has 174 valence electrons. The number of allylic oxidation sites excluding steroid dienone is 5. The summed E-state index contributed by atoms with van der Waals surface area (Å²) in [7, 11) is 0. The summed E-state index contributed by atoms with van der Waals surface area (Å²) in [6, 6.07) is 13.7. The fourth-order valence-corrected chi connectivity index (χ4v) is 7.63. The van der Waals surface area contributed by atoms with Crippen molar-refractivity contribution in [1.29, 1.82) is 0 Å². The zero-order valence-electron chi connectivity index (χ0n) is 19.8. The molecule has 0 bridgehead atoms. The van der Waals surface area contributed by atoms with E-state index in [1.807, 2.05) is 17.4 Å². The highest BCUT2D eigenvalue weighted by Crippen LogP contribution is 2.48. The third kappa shape index (κ3) is 3.16. The van der Waals surface area contributed by atoms with Gasteiger partial charge in [-0.3, -0.25) is 0 Å². The Morgan fingerprint density at radius 3 is 2.66 bits per heavy atom. The van der Waals surface area contributed by atoms with Crippen molar-refractivity contribution in [2.45, 2.75) is 31.8 Å². The minimum absolute atomic E-state index is 0.216. The van der Waals surface area contributed by atoms with Crippen molar-refractivity contribution in [3.05, 3.63) is 108 Å². The number of rotatable bonds is 2. The number of benzene rings is 2. The molecule has 4 N–H and O–H groups in total. The van der Waals surface area contributed by atoms with Crippen molar-refractivity contribution < 1.29 is 0 Å². The molecule has 0 fully saturated rings. The molecule has 3 aromatic rings. The van der Waals surface area contributed by atoms with Crippen molar-refractivity contribution in [3.8, 4) is 0 Å². The zero-order chi connectivity index (χ0) is 23.7. The fourth-order valence-electron chi connectivity index (χ4n) is 6.56. The Morgan fingerprint density at radius 2 is 1.77 bits per heavy atom. The summed E-state index contributed by atoms with van der Waals surface area (Å²) in [5, 5.41) is 2.51. The van der Waals surface area contributed by atoms with Gasteiger partial charge < -0.3 is 16.4 Å². The SMILES string of the molecule is CC1C=C(N)C=C(c2ccc3sc4ccc(N)cc4c3c2)C1N1C2=C(CCC=C2)C2C=CC=CC21. The van der Waals surface area contributed by atoms with Gasteiger partial charge in [-0.05, 0) is 72.0 Å². The van der Waals surface area contributed by atoms with E-state index in [4.69, 9.17) is 11.5 Å². The Morgan fingerprint density at radius 1 is 0.971 bits per heavy atom. The quantitative estimate of drug-likeness (QED) is 0.396. The van der Waals surface area contributed by atoms with Gasteiger partial charge in [0, 0.05) is 49.1 Å². The smallest absolute Gasteiger partial charge is 0.0616 e. The Kier molecular flexibility index (Phi) is 4.62. The second-order valence-corrected chi connectivity index (χ2v) is 11.3. The Balaban J connectivity index is 1.40. The molecule has 7 rings (SSSR count). The van der Waals surface area contributed by atoms with Crippen molar-refractivity contribution in [2.24, 2.45) is 17.6 Å². The van der Waals surface area contributed by atoms with Gasteiger partial charge in [0.1, 0.15) is 0 Å². The first-order valence-corrected chi connectivity index (χ1v) is 13.3. The minimum atomic E-state index is 0.216. The van der Waals surface area contributed by atoms with Crippen molar-refractivity contribution in [2.75, 3.05) is 5.73 Å². The second kappa shape index (κ2) is 7.76. The predicted molar refractivity (Wildman–Crippen MR) is 150 cm³/mol. The van der Waals surface area contributed by atoms with E-state index >= 15 is 0 Å². The first kappa shape index (κ1) is 20.8. The number of nitrogen functional groups attached to an aromatic ring is 1. The highest BCUT2D eigenvalue weighted by Gasteiger charge is 2.44. The molecule has 0 saturated heterocycles. The second-order valence-electron chi connectivity index (χ2n) is 10.2. The minimum Gasteiger partial charge on any atom is -0.399 e. The van der Waals surface area contributed by atoms with Gasteiger partial charge in [-0.2, -0.15) is 0 Å². The molecule has 4 aliphatic rings. The van der Waals surface area contributed by atoms with Gasteiger partial charge in [-0.1, -0.05) is 49.4 Å². The van der Waals surface area contributed by atoms with E-state index < -0.39 is 0 Å². The highest BCUT2D eigenvalue weighted by molar-refractivity contribution is 7.25. The third-order valence-corrected chi connectivity index (χ3v) is 9.16. The summed E-state index contributed by atoms with van der Waals surface area (Å²) in [5.41, 5.74) is 19.8. The van der Waals surface area contributed by atoms with Crippen LogP contribution in [0.4, 0.5) is 5.69 Å². The number of nitrogens with zero attached hydrogens (tertiary/aromatic N) is 1. The molecule has 4 unspecified atom stereocenters. The standard InChI is InChI=1S/C31H29N3S/c1-18-14-21(33)17-24(19-10-12-29-25(15-19)26-16-20(32)11-13-30(26)35-29)31(18)34-27-8-4-2-6-22(27)23-7-3-5-9-28(23)34/h2,4-6,8-18,22,27,31H,3,7,32-33H2,1H3. The molecule has 35 heavy (non-hydrogen) atoms. The average Bonchev–Trinajstić information content (AvgIpc) is 3.39. The number of anilines is 1. The molecule has 3 nitrogen and oxygen atoms in total. The molecule has 2 heterocycles. The Hall–Kier alpha value is -3.50. The van der Waals surface area contributed by atoms with Crippen LogP contribution in [0.3, 0.4) is 0 Å². The molecule has 2 aromatic carbocycles. The maximum absolute atomic E-state index is 6.48. The molecule has 0 spiro atoms. The number of fused-ring (bicyclic) bond motifs is 5. The molecule has 0 amide bonds. The van der Waals surface area contributed by atoms with Crippen LogP contribution in [0.1, 0.15) is 25.3 Å². The summed E-state index contributed by atoms with van der Waals surface area (Å²) >= 11 is 1.83. The first-order chi connectivity index (χ1) is 17.1. The molecule has 3 aliphatic carbocycles. The van der Waals surface area contributed by atoms with Gasteiger partial charge in [0.2, 0.25) is 0 Å². The van der Waals surface area contributed by atoms with E-state index in [2.05, 4.69) is 90.8 Å². The largest absolute Gasteiger partial charge is 0.399 e. The van der Waals surface area contributed by atoms with Crippen molar-refractivity contribution in [3.63, 3.8) is 0 Å². The van der Waals surface area contributed by atoms with E-state index in [-0.39, 0.29) is 6.04 Å². The Bertz CT molecular complexity index is 1560. The fraction of sp³-hybridized carbons (Fsp3) is 0.226. The summed E-state index contributed by atoms with van der Waals surface area (Å²) in [6.07, 6.45) is 20.6. The predicted octanol–water partition coefficient (Wildman–Crippen LogP) is 6.91. The van der Waals surface area contributed by atoms with E-state index in [1.165, 1.54) is 37.0 Å². The molecular weight excluding hydrogens is 446 g/mol. The number of nitrogens with two attached hydrogens (primary N) is 2. The van der Waals surface area contributed by atoms with Crippen LogP contribution in [-0.2, 0) is 0 Å². The lowest BCUT2D eigenvalue weighted by Gasteiger charge is -2.42. The monoisotopic (exact) mass is 475 g/mol. The lowest BCUT2D eigenvalue weighted by atomic mass is 9.82. The van der Waals surface area contributed by atoms with Crippen LogP contribution >= 0.6 is 11.3 Å². The number of hydrogen-bond acceptors (Lipinski definition) is 4. The lowest BCUT2D eigenvalue weighted by Crippen LogP contribution is -2.45. The molecule has 0 saturated carbocycles. The number of thiophene rings is 1. The molecule has 0 radical (unpaired) electrons.